The summed E-state index contributed by atoms with van der Waals surface area (Å²) in [5.41, 5.74) is 2.45. The number of piperidine rings is 2. The Morgan fingerprint density at radius 2 is 1.63 bits per heavy atom. The Kier molecular flexibility index (Phi) is 7.56. The monoisotopic (exact) mass is 525 g/mol. The lowest BCUT2D eigenvalue weighted by molar-refractivity contribution is -0.147. The molecule has 200 valence electrons. The number of nitrogens with zero attached hydrogens (tertiary/aromatic N) is 2. The van der Waals surface area contributed by atoms with Gasteiger partial charge >= 0.3 is 5.97 Å². The minimum absolute atomic E-state index is 0.0478. The number of aromatic amines is 1. The molecule has 0 aliphatic carbocycles. The van der Waals surface area contributed by atoms with Crippen molar-refractivity contribution in [2.45, 2.75) is 37.6 Å². The highest BCUT2D eigenvalue weighted by Gasteiger charge is 2.38. The van der Waals surface area contributed by atoms with E-state index < -0.39 is 29.5 Å². The lowest BCUT2D eigenvalue weighted by Crippen LogP contribution is -2.52. The highest BCUT2D eigenvalue weighted by Crippen LogP contribution is 2.35. The molecule has 2 N–H and O–H groups in total. The largest absolute Gasteiger partial charge is 0.480 e. The molecule has 2 aromatic carbocycles. The molecular weight excluding hydrogens is 495 g/mol. The van der Waals surface area contributed by atoms with Gasteiger partial charge in [-0.25, -0.2) is 13.2 Å². The van der Waals surface area contributed by atoms with E-state index in [1.165, 1.54) is 23.1 Å². The summed E-state index contributed by atoms with van der Waals surface area (Å²) in [5, 5.41) is 11.3. The molecule has 0 unspecified atom stereocenters. The van der Waals surface area contributed by atoms with E-state index >= 15 is 0 Å². The van der Waals surface area contributed by atoms with Crippen LogP contribution in [0.3, 0.4) is 0 Å². The van der Waals surface area contributed by atoms with Crippen LogP contribution < -0.4 is 0 Å². The number of aliphatic carboxylic acids is 1. The first kappa shape index (κ1) is 26.0. The molecule has 6 nitrogen and oxygen atoms in total. The van der Waals surface area contributed by atoms with Gasteiger partial charge in [-0.2, -0.15) is 0 Å². The molecule has 3 aromatic rings. The molecule has 0 spiro atoms. The van der Waals surface area contributed by atoms with Crippen molar-refractivity contribution in [1.29, 1.82) is 0 Å². The molecule has 1 amide bonds. The zero-order valence-corrected chi connectivity index (χ0v) is 20.9. The number of carboxylic acids is 1. The number of nitrogens with one attached hydrogen (secondary N) is 1. The average molecular weight is 526 g/mol. The maximum atomic E-state index is 13.4. The third-order valence-corrected chi connectivity index (χ3v) is 7.96. The van der Waals surface area contributed by atoms with Gasteiger partial charge in [0.2, 0.25) is 5.91 Å². The predicted octanol–water partition coefficient (Wildman–Crippen LogP) is 5.17. The minimum Gasteiger partial charge on any atom is -0.480 e. The smallest absolute Gasteiger partial charge is 0.321 e. The van der Waals surface area contributed by atoms with Crippen LogP contribution in [0.25, 0.3) is 17.0 Å². The first-order valence-electron chi connectivity index (χ1n) is 13.0. The standard InChI is InChI=1S/C29H30F3N3O3/c30-23-15-18(16-24(31)27(23)32)5-6-26(36)34-11-9-20(10-12-34)28(29(37)38)35-13-7-19(8-14-35)22-17-33-25-4-2-1-3-21(22)25/h1-6,15-17,19-20,28,33H,7-14H2,(H,37,38)/b6-5+/t28-/m0/s1. The maximum absolute atomic E-state index is 13.4. The van der Waals surface area contributed by atoms with Gasteiger partial charge in [0.25, 0.3) is 0 Å². The minimum atomic E-state index is -1.55. The van der Waals surface area contributed by atoms with Gasteiger partial charge in [0, 0.05) is 36.3 Å². The fourth-order valence-corrected chi connectivity index (χ4v) is 5.96. The van der Waals surface area contributed by atoms with Crippen molar-refractivity contribution in [1.82, 2.24) is 14.8 Å². The Hall–Kier alpha value is -3.59. The van der Waals surface area contributed by atoms with Gasteiger partial charge < -0.3 is 15.0 Å². The molecule has 2 saturated heterocycles. The molecule has 2 fully saturated rings. The molecule has 2 aliphatic heterocycles. The molecule has 1 aromatic heterocycles. The summed E-state index contributed by atoms with van der Waals surface area (Å²) in [6.07, 6.45) is 7.41. The highest BCUT2D eigenvalue weighted by molar-refractivity contribution is 5.91. The second kappa shape index (κ2) is 11.0. The molecular formula is C29H30F3N3O3. The Balaban J connectivity index is 1.17. The zero-order valence-electron chi connectivity index (χ0n) is 20.9. The van der Waals surface area contributed by atoms with E-state index in [9.17, 15) is 27.9 Å². The lowest BCUT2D eigenvalue weighted by atomic mass is 9.84. The molecule has 0 saturated carbocycles. The van der Waals surface area contributed by atoms with Gasteiger partial charge in [-0.1, -0.05) is 18.2 Å². The molecule has 38 heavy (non-hydrogen) atoms. The Morgan fingerprint density at radius 1 is 0.974 bits per heavy atom. The Labute approximate surface area is 218 Å². The number of likely N-dealkylation sites (tertiary alicyclic amines) is 2. The molecule has 0 bridgehead atoms. The maximum Gasteiger partial charge on any atom is 0.321 e. The number of amides is 1. The summed E-state index contributed by atoms with van der Waals surface area (Å²) >= 11 is 0. The predicted molar refractivity (Wildman–Crippen MR) is 138 cm³/mol. The van der Waals surface area contributed by atoms with E-state index in [0.29, 0.717) is 44.9 Å². The van der Waals surface area contributed by atoms with Crippen LogP contribution in [-0.2, 0) is 9.59 Å². The fourth-order valence-electron chi connectivity index (χ4n) is 5.96. The van der Waals surface area contributed by atoms with Crippen LogP contribution in [0.1, 0.15) is 42.7 Å². The first-order chi connectivity index (χ1) is 18.3. The molecule has 0 radical (unpaired) electrons. The van der Waals surface area contributed by atoms with E-state index in [2.05, 4.69) is 28.2 Å². The van der Waals surface area contributed by atoms with Crippen molar-refractivity contribution in [2.24, 2.45) is 5.92 Å². The number of H-pyrrole nitrogens is 1. The number of para-hydroxylation sites is 1. The normalized spacial score (nSPS) is 18.9. The fraction of sp³-hybridized carbons (Fsp3) is 0.379. The Morgan fingerprint density at radius 3 is 2.29 bits per heavy atom. The van der Waals surface area contributed by atoms with Crippen molar-refractivity contribution >= 4 is 28.9 Å². The van der Waals surface area contributed by atoms with Crippen LogP contribution in [0, 0.1) is 23.4 Å². The van der Waals surface area contributed by atoms with Crippen LogP contribution in [0.2, 0.25) is 0 Å². The van der Waals surface area contributed by atoms with Gasteiger partial charge in [0.15, 0.2) is 17.5 Å². The third-order valence-electron chi connectivity index (χ3n) is 7.96. The third kappa shape index (κ3) is 5.34. The first-order valence-corrected chi connectivity index (χ1v) is 13.0. The van der Waals surface area contributed by atoms with E-state index in [1.807, 2.05) is 12.1 Å². The van der Waals surface area contributed by atoms with E-state index in [4.69, 9.17) is 0 Å². The number of halogens is 3. The molecule has 5 rings (SSSR count). The SMILES string of the molecule is O=C(O)[C@H](C1CCN(C(=O)/C=C/c2cc(F)c(F)c(F)c2)CC1)N1CCC(c2c[nH]c3ccccc23)CC1. The summed E-state index contributed by atoms with van der Waals surface area (Å²) < 4.78 is 40.0. The number of hydrogen-bond donors (Lipinski definition) is 2. The number of carbonyl (C=O) groups excluding carboxylic acids is 1. The summed E-state index contributed by atoms with van der Waals surface area (Å²) in [6, 6.07) is 9.27. The number of carboxylic acid groups (broad SMARTS) is 1. The zero-order chi connectivity index (χ0) is 26.8. The lowest BCUT2D eigenvalue weighted by Gasteiger charge is -2.41. The van der Waals surface area contributed by atoms with Crippen molar-refractivity contribution in [3.63, 3.8) is 0 Å². The summed E-state index contributed by atoms with van der Waals surface area (Å²) in [4.78, 5) is 31.9. The second-order valence-electron chi connectivity index (χ2n) is 10.2. The number of rotatable bonds is 6. The molecule has 1 atom stereocenters. The highest BCUT2D eigenvalue weighted by atomic mass is 19.2. The van der Waals surface area contributed by atoms with E-state index in [-0.39, 0.29) is 17.4 Å². The van der Waals surface area contributed by atoms with Gasteiger partial charge in [-0.15, -0.1) is 0 Å². The average Bonchev–Trinajstić information content (AvgIpc) is 3.35. The van der Waals surface area contributed by atoms with Crippen LogP contribution in [0.4, 0.5) is 13.2 Å². The quantitative estimate of drug-likeness (QED) is 0.344. The molecule has 9 heteroatoms. The van der Waals surface area contributed by atoms with Crippen molar-refractivity contribution in [3.8, 4) is 0 Å². The number of hydrogen-bond acceptors (Lipinski definition) is 3. The number of carbonyl (C=O) groups is 2. The van der Waals surface area contributed by atoms with Crippen LogP contribution in [-0.4, -0.2) is 64.0 Å². The van der Waals surface area contributed by atoms with Gasteiger partial charge in [0.1, 0.15) is 6.04 Å². The summed E-state index contributed by atoms with van der Waals surface area (Å²) in [6.45, 7) is 2.20. The van der Waals surface area contributed by atoms with Crippen LogP contribution in [0.15, 0.2) is 48.7 Å². The van der Waals surface area contributed by atoms with Gasteiger partial charge in [-0.3, -0.25) is 14.5 Å². The number of fused-ring (bicyclic) bond motifs is 1. The number of benzene rings is 2. The van der Waals surface area contributed by atoms with E-state index in [1.54, 1.807) is 4.90 Å². The number of aromatic nitrogens is 1. The summed E-state index contributed by atoms with van der Waals surface area (Å²) in [5.74, 6) is -5.05. The topological polar surface area (TPSA) is 76.6 Å². The van der Waals surface area contributed by atoms with Gasteiger partial charge in [0.05, 0.1) is 0 Å². The second-order valence-corrected chi connectivity index (χ2v) is 10.2. The van der Waals surface area contributed by atoms with Crippen molar-refractivity contribution < 1.29 is 27.9 Å². The molecule has 3 heterocycles. The van der Waals surface area contributed by atoms with Crippen LogP contribution >= 0.6 is 0 Å². The van der Waals surface area contributed by atoms with Crippen LogP contribution in [0.5, 0.6) is 0 Å². The van der Waals surface area contributed by atoms with Crippen molar-refractivity contribution in [3.05, 3.63) is 77.2 Å². The molecule has 2 aliphatic rings. The Bertz CT molecular complexity index is 1330. The van der Waals surface area contributed by atoms with E-state index in [0.717, 1.165) is 30.5 Å². The van der Waals surface area contributed by atoms with Crippen molar-refractivity contribution in [2.75, 3.05) is 26.2 Å². The summed E-state index contributed by atoms with van der Waals surface area (Å²) in [7, 11) is 0. The van der Waals surface area contributed by atoms with Gasteiger partial charge in [-0.05, 0) is 86.0 Å².